The molecule has 0 amide bonds. The molecule has 16 heavy (non-hydrogen) atoms. The fourth-order valence-corrected chi connectivity index (χ4v) is 2.06. The monoisotopic (exact) mass is 237 g/mol. The topological polar surface area (TPSA) is 51.4 Å². The van der Waals surface area contributed by atoms with Crippen LogP contribution in [0.3, 0.4) is 0 Å². The number of rotatable bonds is 3. The molecule has 0 spiro atoms. The lowest BCUT2D eigenvalue weighted by Gasteiger charge is -2.01. The van der Waals surface area contributed by atoms with E-state index in [1.54, 1.807) is 0 Å². The summed E-state index contributed by atoms with van der Waals surface area (Å²) < 4.78 is 4.45. The Hall–Kier alpha value is -1.43. The molecule has 0 radical (unpaired) electrons. The summed E-state index contributed by atoms with van der Waals surface area (Å²) in [6, 6.07) is 0. The predicted molar refractivity (Wildman–Crippen MR) is 64.7 cm³/mol. The molecule has 0 unspecified atom stereocenters. The van der Waals surface area contributed by atoms with Gasteiger partial charge < -0.3 is 4.57 Å². The zero-order valence-electron chi connectivity index (χ0n) is 9.69. The molecule has 2 aromatic heterocycles. The first-order valence-electron chi connectivity index (χ1n) is 5.35. The number of aromatic nitrogens is 5. The minimum Gasteiger partial charge on any atom is -0.300 e. The maximum atomic E-state index is 5.18. The molecule has 0 atom stereocenters. The summed E-state index contributed by atoms with van der Waals surface area (Å²) in [4.78, 5) is 0. The smallest absolute Gasteiger partial charge is 0.195 e. The molecular weight excluding hydrogens is 222 g/mol. The molecule has 2 rings (SSSR count). The number of aryl methyl sites for hydroxylation is 2. The average Bonchev–Trinajstić information content (AvgIpc) is 2.81. The van der Waals surface area contributed by atoms with Crippen LogP contribution in [0.1, 0.15) is 19.5 Å². The highest BCUT2D eigenvalue weighted by Gasteiger charge is 2.14. The van der Waals surface area contributed by atoms with Crippen molar-refractivity contribution in [2.75, 3.05) is 0 Å². The summed E-state index contributed by atoms with van der Waals surface area (Å²) in [6.07, 6.45) is 2.87. The van der Waals surface area contributed by atoms with Crippen molar-refractivity contribution >= 4 is 12.2 Å². The Morgan fingerprint density at radius 3 is 2.81 bits per heavy atom. The SMILES string of the molecule is CCc1nn(C)cc1-c1n[nH]c(=S)n1CC. The van der Waals surface area contributed by atoms with E-state index in [0.29, 0.717) is 4.77 Å². The average molecular weight is 237 g/mol. The largest absolute Gasteiger partial charge is 0.300 e. The van der Waals surface area contributed by atoms with Crippen LogP contribution < -0.4 is 0 Å². The molecule has 0 aliphatic carbocycles. The Balaban J connectivity index is 2.62. The maximum Gasteiger partial charge on any atom is 0.195 e. The van der Waals surface area contributed by atoms with Crippen LogP contribution >= 0.6 is 12.2 Å². The van der Waals surface area contributed by atoms with Gasteiger partial charge in [-0.1, -0.05) is 6.92 Å². The van der Waals surface area contributed by atoms with Gasteiger partial charge in [-0.3, -0.25) is 9.78 Å². The molecule has 0 aromatic carbocycles. The van der Waals surface area contributed by atoms with E-state index in [0.717, 1.165) is 30.0 Å². The summed E-state index contributed by atoms with van der Waals surface area (Å²) in [5.41, 5.74) is 2.10. The number of nitrogens with one attached hydrogen (secondary N) is 1. The fraction of sp³-hybridized carbons (Fsp3) is 0.500. The molecule has 0 aliphatic heterocycles. The second kappa shape index (κ2) is 4.21. The van der Waals surface area contributed by atoms with E-state index in [1.807, 2.05) is 22.5 Å². The van der Waals surface area contributed by atoms with Gasteiger partial charge in [0.2, 0.25) is 0 Å². The standard InChI is InChI=1S/C10H15N5S/c1-4-8-7(6-14(3)13-8)9-11-12-10(16)15(9)5-2/h6H,4-5H2,1-3H3,(H,12,16). The van der Waals surface area contributed by atoms with E-state index in [1.165, 1.54) is 0 Å². The molecule has 0 fully saturated rings. The number of aromatic amines is 1. The van der Waals surface area contributed by atoms with Crippen LogP contribution in [-0.4, -0.2) is 24.5 Å². The third kappa shape index (κ3) is 1.69. The minimum absolute atomic E-state index is 0.656. The summed E-state index contributed by atoms with van der Waals surface area (Å²) in [5.74, 6) is 0.873. The van der Waals surface area contributed by atoms with Gasteiger partial charge in [-0.25, -0.2) is 0 Å². The van der Waals surface area contributed by atoms with Crippen LogP contribution in [0.5, 0.6) is 0 Å². The van der Waals surface area contributed by atoms with Gasteiger partial charge in [-0.05, 0) is 25.6 Å². The van der Waals surface area contributed by atoms with Gasteiger partial charge in [-0.15, -0.1) is 0 Å². The van der Waals surface area contributed by atoms with Crippen LogP contribution in [0.2, 0.25) is 0 Å². The molecule has 6 heteroatoms. The first kappa shape index (κ1) is 11.1. The molecule has 2 aromatic rings. The van der Waals surface area contributed by atoms with Crippen LogP contribution in [0.4, 0.5) is 0 Å². The molecule has 0 aliphatic rings. The maximum absolute atomic E-state index is 5.18. The van der Waals surface area contributed by atoms with Crippen LogP contribution in [0.15, 0.2) is 6.20 Å². The quantitative estimate of drug-likeness (QED) is 0.830. The van der Waals surface area contributed by atoms with Crippen molar-refractivity contribution in [3.05, 3.63) is 16.7 Å². The molecule has 0 bridgehead atoms. The van der Waals surface area contributed by atoms with Gasteiger partial charge in [0.05, 0.1) is 11.3 Å². The Bertz CT molecular complexity index is 548. The van der Waals surface area contributed by atoms with E-state index < -0.39 is 0 Å². The number of hydrogen-bond donors (Lipinski definition) is 1. The molecule has 1 N–H and O–H groups in total. The van der Waals surface area contributed by atoms with Gasteiger partial charge in [0.25, 0.3) is 0 Å². The van der Waals surface area contributed by atoms with Crippen molar-refractivity contribution in [3.63, 3.8) is 0 Å². The van der Waals surface area contributed by atoms with Gasteiger partial charge in [-0.2, -0.15) is 10.2 Å². The first-order chi connectivity index (χ1) is 7.67. The van der Waals surface area contributed by atoms with Gasteiger partial charge in [0.1, 0.15) is 0 Å². The molecular formula is C10H15N5S. The zero-order valence-corrected chi connectivity index (χ0v) is 10.5. The Labute approximate surface area is 99.1 Å². The van der Waals surface area contributed by atoms with Crippen LogP contribution in [0, 0.1) is 4.77 Å². The van der Waals surface area contributed by atoms with E-state index in [-0.39, 0.29) is 0 Å². The van der Waals surface area contributed by atoms with E-state index in [2.05, 4.69) is 29.1 Å². The van der Waals surface area contributed by atoms with E-state index in [4.69, 9.17) is 12.2 Å². The molecule has 0 saturated carbocycles. The van der Waals surface area contributed by atoms with Crippen molar-refractivity contribution in [3.8, 4) is 11.4 Å². The summed E-state index contributed by atoms with van der Waals surface area (Å²) in [7, 11) is 1.92. The minimum atomic E-state index is 0.656. The normalized spacial score (nSPS) is 10.9. The lowest BCUT2D eigenvalue weighted by atomic mass is 10.2. The van der Waals surface area contributed by atoms with Crippen molar-refractivity contribution in [2.45, 2.75) is 26.8 Å². The molecule has 86 valence electrons. The highest BCUT2D eigenvalue weighted by atomic mass is 32.1. The molecule has 2 heterocycles. The zero-order chi connectivity index (χ0) is 11.7. The predicted octanol–water partition coefficient (Wildman–Crippen LogP) is 1.92. The Morgan fingerprint density at radius 2 is 2.19 bits per heavy atom. The fourth-order valence-electron chi connectivity index (χ4n) is 1.80. The highest BCUT2D eigenvalue weighted by molar-refractivity contribution is 7.71. The van der Waals surface area contributed by atoms with E-state index in [9.17, 15) is 0 Å². The Kier molecular flexibility index (Phi) is 2.91. The van der Waals surface area contributed by atoms with Crippen LogP contribution in [-0.2, 0) is 20.0 Å². The molecule has 0 saturated heterocycles. The van der Waals surface area contributed by atoms with Gasteiger partial charge in [0.15, 0.2) is 10.6 Å². The lowest BCUT2D eigenvalue weighted by molar-refractivity contribution is 0.746. The second-order valence-electron chi connectivity index (χ2n) is 3.61. The Morgan fingerprint density at radius 1 is 1.44 bits per heavy atom. The number of H-pyrrole nitrogens is 1. The summed E-state index contributed by atoms with van der Waals surface area (Å²) in [5, 5.41) is 11.5. The van der Waals surface area contributed by atoms with E-state index >= 15 is 0 Å². The number of nitrogens with zero attached hydrogens (tertiary/aromatic N) is 4. The van der Waals surface area contributed by atoms with Gasteiger partial charge >= 0.3 is 0 Å². The van der Waals surface area contributed by atoms with Crippen molar-refractivity contribution in [1.29, 1.82) is 0 Å². The van der Waals surface area contributed by atoms with Crippen molar-refractivity contribution in [2.24, 2.45) is 7.05 Å². The third-order valence-electron chi connectivity index (χ3n) is 2.56. The highest BCUT2D eigenvalue weighted by Crippen LogP contribution is 2.21. The van der Waals surface area contributed by atoms with Crippen LogP contribution in [0.25, 0.3) is 11.4 Å². The summed E-state index contributed by atoms with van der Waals surface area (Å²) in [6.45, 7) is 4.95. The third-order valence-corrected chi connectivity index (χ3v) is 2.87. The second-order valence-corrected chi connectivity index (χ2v) is 4.00. The summed E-state index contributed by atoms with van der Waals surface area (Å²) >= 11 is 5.18. The van der Waals surface area contributed by atoms with Crippen molar-refractivity contribution in [1.82, 2.24) is 24.5 Å². The molecule has 5 nitrogen and oxygen atoms in total. The number of hydrogen-bond acceptors (Lipinski definition) is 3. The van der Waals surface area contributed by atoms with Gasteiger partial charge in [0, 0.05) is 19.8 Å². The van der Waals surface area contributed by atoms with Crippen molar-refractivity contribution < 1.29 is 0 Å². The lowest BCUT2D eigenvalue weighted by Crippen LogP contribution is -1.98. The first-order valence-corrected chi connectivity index (χ1v) is 5.76.